The molecule has 3 heteroatoms. The molecular formula is C58H43N3. The van der Waals surface area contributed by atoms with Crippen LogP contribution in [0.2, 0.25) is 0 Å². The van der Waals surface area contributed by atoms with Crippen LogP contribution in [-0.2, 0) is 19.6 Å². The number of para-hydroxylation sites is 3. The fraction of sp³-hybridized carbons (Fsp3) is 0.0690. The lowest BCUT2D eigenvalue weighted by atomic mass is 9.89. The third-order valence-electron chi connectivity index (χ3n) is 13.0. The number of benzene rings is 9. The summed E-state index contributed by atoms with van der Waals surface area (Å²) >= 11 is 0. The van der Waals surface area contributed by atoms with Crippen LogP contribution in [0.5, 0.6) is 0 Å². The van der Waals surface area contributed by atoms with Crippen molar-refractivity contribution < 1.29 is 0 Å². The van der Waals surface area contributed by atoms with Gasteiger partial charge in [-0.3, -0.25) is 0 Å². The third-order valence-corrected chi connectivity index (χ3v) is 13.0. The van der Waals surface area contributed by atoms with Crippen molar-refractivity contribution in [3.05, 3.63) is 217 Å². The largest absolute Gasteiger partial charge is 0.341 e. The van der Waals surface area contributed by atoms with E-state index in [4.69, 9.17) is 0 Å². The molecule has 290 valence electrons. The number of nitrogens with zero attached hydrogens (tertiary/aromatic N) is 3. The highest BCUT2D eigenvalue weighted by Crippen LogP contribution is 2.42. The van der Waals surface area contributed by atoms with Crippen LogP contribution < -0.4 is 0 Å². The third kappa shape index (κ3) is 5.80. The molecule has 12 rings (SSSR count). The van der Waals surface area contributed by atoms with Gasteiger partial charge in [0.25, 0.3) is 0 Å². The first kappa shape index (κ1) is 35.3. The maximum Gasteiger partial charge on any atom is 0.0494 e. The maximum atomic E-state index is 2.47. The molecule has 0 saturated heterocycles. The van der Waals surface area contributed by atoms with E-state index in [0.717, 1.165) is 19.6 Å². The quantitative estimate of drug-likeness (QED) is 0.146. The Bertz CT molecular complexity index is 3620. The molecule has 9 aromatic carbocycles. The average molecular weight is 782 g/mol. The average Bonchev–Trinajstić information content (AvgIpc) is 3.94. The first-order valence-electron chi connectivity index (χ1n) is 21.5. The van der Waals surface area contributed by atoms with E-state index < -0.39 is 0 Å². The highest BCUT2D eigenvalue weighted by molar-refractivity contribution is 6.12. The molecule has 12 aromatic rings. The van der Waals surface area contributed by atoms with Crippen molar-refractivity contribution in [1.82, 2.24) is 13.7 Å². The van der Waals surface area contributed by atoms with Gasteiger partial charge in [-0.05, 0) is 112 Å². The lowest BCUT2D eigenvalue weighted by molar-refractivity contribution is 0.827. The van der Waals surface area contributed by atoms with Gasteiger partial charge in [0.05, 0.1) is 0 Å². The first-order chi connectivity index (χ1) is 30.2. The SMILES string of the molecule is CCn1c2ccccc2c2cc(-c3cc(-c4ccc5c(c4)c4ccccc4n5Cc4ccccc4)ccc3-c3ccc4c(c3)c3ccccc3n4Cc3ccccc3)ccc21. The molecule has 3 heterocycles. The number of hydrogen-bond donors (Lipinski definition) is 0. The molecule has 0 saturated carbocycles. The Morgan fingerprint density at radius 2 is 0.639 bits per heavy atom. The second-order valence-corrected chi connectivity index (χ2v) is 16.4. The summed E-state index contributed by atoms with van der Waals surface area (Å²) in [6.45, 7) is 4.82. The van der Waals surface area contributed by atoms with Gasteiger partial charge in [-0.25, -0.2) is 0 Å². The van der Waals surface area contributed by atoms with E-state index in [9.17, 15) is 0 Å². The normalized spacial score (nSPS) is 11.9. The van der Waals surface area contributed by atoms with Gasteiger partial charge in [-0.2, -0.15) is 0 Å². The molecule has 61 heavy (non-hydrogen) atoms. The summed E-state index contributed by atoms with van der Waals surface area (Å²) < 4.78 is 7.37. The summed E-state index contributed by atoms with van der Waals surface area (Å²) in [5, 5.41) is 7.70. The minimum absolute atomic E-state index is 0.824. The van der Waals surface area contributed by atoms with E-state index >= 15 is 0 Å². The zero-order valence-electron chi connectivity index (χ0n) is 34.1. The smallest absolute Gasteiger partial charge is 0.0494 e. The summed E-state index contributed by atoms with van der Waals surface area (Å²) in [5.74, 6) is 0. The summed E-state index contributed by atoms with van der Waals surface area (Å²) in [6, 6.07) is 76.5. The van der Waals surface area contributed by atoms with E-state index in [1.54, 1.807) is 0 Å². The maximum absolute atomic E-state index is 2.47. The fourth-order valence-electron chi connectivity index (χ4n) is 10.1. The summed E-state index contributed by atoms with van der Waals surface area (Å²) in [7, 11) is 0. The van der Waals surface area contributed by atoms with Crippen LogP contribution in [0.25, 0.3) is 98.8 Å². The molecule has 0 radical (unpaired) electrons. The van der Waals surface area contributed by atoms with Crippen molar-refractivity contribution in [2.45, 2.75) is 26.6 Å². The highest BCUT2D eigenvalue weighted by atomic mass is 15.0. The van der Waals surface area contributed by atoms with E-state index in [0.29, 0.717) is 0 Å². The monoisotopic (exact) mass is 781 g/mol. The molecule has 0 fully saturated rings. The number of aryl methyl sites for hydroxylation is 1. The molecule has 0 atom stereocenters. The molecule has 0 aliphatic rings. The Morgan fingerprint density at radius 1 is 0.279 bits per heavy atom. The van der Waals surface area contributed by atoms with Crippen LogP contribution in [0.3, 0.4) is 0 Å². The van der Waals surface area contributed by atoms with Gasteiger partial charge in [-0.15, -0.1) is 0 Å². The lowest BCUT2D eigenvalue weighted by Gasteiger charge is -2.15. The van der Waals surface area contributed by atoms with Crippen LogP contribution in [-0.4, -0.2) is 13.7 Å². The minimum atomic E-state index is 0.824. The molecule has 0 bridgehead atoms. The van der Waals surface area contributed by atoms with Crippen molar-refractivity contribution >= 4 is 65.4 Å². The zero-order chi connectivity index (χ0) is 40.4. The second-order valence-electron chi connectivity index (χ2n) is 16.4. The summed E-state index contributed by atoms with van der Waals surface area (Å²) in [6.07, 6.45) is 0. The molecule has 0 spiro atoms. The van der Waals surface area contributed by atoms with Crippen molar-refractivity contribution in [3.63, 3.8) is 0 Å². The molecule has 0 amide bonds. The van der Waals surface area contributed by atoms with Gasteiger partial charge in [0.2, 0.25) is 0 Å². The molecule has 3 aromatic heterocycles. The van der Waals surface area contributed by atoms with Gasteiger partial charge in [0.15, 0.2) is 0 Å². The van der Waals surface area contributed by atoms with Crippen LogP contribution in [0, 0.1) is 0 Å². The Hall–Kier alpha value is -7.62. The predicted molar refractivity (Wildman–Crippen MR) is 259 cm³/mol. The molecule has 3 nitrogen and oxygen atoms in total. The van der Waals surface area contributed by atoms with E-state index in [-0.39, 0.29) is 0 Å². The van der Waals surface area contributed by atoms with Crippen molar-refractivity contribution in [1.29, 1.82) is 0 Å². The number of aromatic nitrogens is 3. The van der Waals surface area contributed by atoms with Gasteiger partial charge in [0, 0.05) is 85.1 Å². The molecule has 0 N–H and O–H groups in total. The van der Waals surface area contributed by atoms with E-state index in [1.165, 1.54) is 110 Å². The van der Waals surface area contributed by atoms with E-state index in [2.05, 4.69) is 227 Å². The van der Waals surface area contributed by atoms with Gasteiger partial charge >= 0.3 is 0 Å². The van der Waals surface area contributed by atoms with Gasteiger partial charge in [0.1, 0.15) is 0 Å². The molecule has 0 aliphatic carbocycles. The molecule has 0 unspecified atom stereocenters. The number of fused-ring (bicyclic) bond motifs is 9. The minimum Gasteiger partial charge on any atom is -0.341 e. The number of hydrogen-bond acceptors (Lipinski definition) is 0. The van der Waals surface area contributed by atoms with Crippen LogP contribution in [0.4, 0.5) is 0 Å². The van der Waals surface area contributed by atoms with Crippen LogP contribution in [0.15, 0.2) is 206 Å². The van der Waals surface area contributed by atoms with Crippen molar-refractivity contribution in [3.8, 4) is 33.4 Å². The summed E-state index contributed by atoms with van der Waals surface area (Å²) in [4.78, 5) is 0. The van der Waals surface area contributed by atoms with Gasteiger partial charge < -0.3 is 13.7 Å². The topological polar surface area (TPSA) is 14.8 Å². The Labute approximate surface area is 355 Å². The Balaban J connectivity index is 1.05. The lowest BCUT2D eigenvalue weighted by Crippen LogP contribution is -1.99. The highest BCUT2D eigenvalue weighted by Gasteiger charge is 2.18. The van der Waals surface area contributed by atoms with Crippen molar-refractivity contribution in [2.75, 3.05) is 0 Å². The first-order valence-corrected chi connectivity index (χ1v) is 21.5. The molecule has 0 aliphatic heterocycles. The molecular weight excluding hydrogens is 739 g/mol. The number of rotatable bonds is 8. The zero-order valence-corrected chi connectivity index (χ0v) is 34.1. The van der Waals surface area contributed by atoms with Crippen LogP contribution >= 0.6 is 0 Å². The Kier molecular flexibility index (Phi) is 8.28. The van der Waals surface area contributed by atoms with Crippen LogP contribution in [0.1, 0.15) is 18.1 Å². The van der Waals surface area contributed by atoms with E-state index in [1.807, 2.05) is 0 Å². The standard InChI is InChI=1S/C58H43N3/c1-2-59-53-22-12-9-19-46(53)51-36-44(28-31-56(51)59)49-33-41(42-26-30-57-50(34-42)47-20-10-13-23-54(47)60(57)37-39-15-5-3-6-16-39)25-29-45(49)43-27-32-58-52(35-43)48-21-11-14-24-55(48)61(58)38-40-17-7-4-8-18-40/h3-36H,2,37-38H2,1H3. The predicted octanol–water partition coefficient (Wildman–Crippen LogP) is 15.1. The van der Waals surface area contributed by atoms with Gasteiger partial charge in [-0.1, -0.05) is 146 Å². The summed E-state index contributed by atoms with van der Waals surface area (Å²) in [5.41, 5.74) is 17.5. The second kappa shape index (κ2) is 14.3. The fourth-order valence-corrected chi connectivity index (χ4v) is 10.1. The van der Waals surface area contributed by atoms with Crippen molar-refractivity contribution in [2.24, 2.45) is 0 Å². The Morgan fingerprint density at radius 3 is 1.15 bits per heavy atom.